The highest BCUT2D eigenvalue weighted by atomic mass is 16.5. The molecular weight excluding hydrogens is 366 g/mol. The van der Waals surface area contributed by atoms with E-state index in [1.165, 1.54) is 0 Å². The van der Waals surface area contributed by atoms with E-state index in [9.17, 15) is 4.79 Å². The second-order valence-electron chi connectivity index (χ2n) is 6.42. The van der Waals surface area contributed by atoms with Crippen LogP contribution in [-0.4, -0.2) is 19.6 Å². The van der Waals surface area contributed by atoms with Gasteiger partial charge in [0.1, 0.15) is 22.8 Å². The van der Waals surface area contributed by atoms with E-state index in [0.29, 0.717) is 46.1 Å². The molecule has 0 bridgehead atoms. The predicted octanol–water partition coefficient (Wildman–Crippen LogP) is 5.76. The molecule has 4 aromatic rings. The van der Waals surface area contributed by atoms with Gasteiger partial charge in [0, 0.05) is 10.9 Å². The Morgan fingerprint density at radius 1 is 1.00 bits per heavy atom. The van der Waals surface area contributed by atoms with E-state index in [1.54, 1.807) is 19.2 Å². The van der Waals surface area contributed by atoms with Crippen molar-refractivity contribution in [3.63, 3.8) is 0 Å². The Hall–Kier alpha value is -3.73. The number of rotatable bonds is 6. The van der Waals surface area contributed by atoms with E-state index in [1.807, 2.05) is 67.6 Å². The first-order valence-corrected chi connectivity index (χ1v) is 9.40. The lowest BCUT2D eigenvalue weighted by Crippen LogP contribution is -2.13. The maximum absolute atomic E-state index is 13.4. The summed E-state index contributed by atoms with van der Waals surface area (Å²) >= 11 is 0. The van der Waals surface area contributed by atoms with Crippen molar-refractivity contribution in [1.82, 2.24) is 0 Å². The maximum atomic E-state index is 13.4. The number of fused-ring (bicyclic) bond motifs is 1. The Morgan fingerprint density at radius 2 is 1.76 bits per heavy atom. The van der Waals surface area contributed by atoms with Gasteiger partial charge < -0.3 is 19.2 Å². The molecule has 4 rings (SSSR count). The van der Waals surface area contributed by atoms with Gasteiger partial charge in [0.25, 0.3) is 5.91 Å². The van der Waals surface area contributed by atoms with Crippen LogP contribution in [0.25, 0.3) is 22.3 Å². The van der Waals surface area contributed by atoms with Gasteiger partial charge in [-0.2, -0.15) is 0 Å². The zero-order valence-electron chi connectivity index (χ0n) is 16.3. The number of para-hydroxylation sites is 2. The van der Waals surface area contributed by atoms with E-state index < -0.39 is 0 Å². The Morgan fingerprint density at radius 3 is 2.52 bits per heavy atom. The average Bonchev–Trinajstić information content (AvgIpc) is 3.14. The van der Waals surface area contributed by atoms with Crippen LogP contribution in [0.15, 0.2) is 77.2 Å². The molecule has 1 amide bonds. The van der Waals surface area contributed by atoms with Crippen molar-refractivity contribution < 1.29 is 18.7 Å². The van der Waals surface area contributed by atoms with Gasteiger partial charge in [-0.3, -0.25) is 4.79 Å². The fourth-order valence-corrected chi connectivity index (χ4v) is 3.28. The summed E-state index contributed by atoms with van der Waals surface area (Å²) in [5, 5.41) is 3.65. The highest BCUT2D eigenvalue weighted by molar-refractivity contribution is 6.17. The molecule has 146 valence electrons. The molecule has 0 atom stereocenters. The number of nitrogens with one attached hydrogen (secondary N) is 1. The number of carbonyl (C=O) groups excluding carboxylic acids is 1. The monoisotopic (exact) mass is 387 g/mol. The average molecular weight is 387 g/mol. The molecule has 0 spiro atoms. The smallest absolute Gasteiger partial charge is 0.260 e. The molecule has 0 radical (unpaired) electrons. The van der Waals surface area contributed by atoms with Crippen LogP contribution in [0.3, 0.4) is 0 Å². The molecule has 0 aliphatic carbocycles. The van der Waals surface area contributed by atoms with Crippen molar-refractivity contribution in [2.45, 2.75) is 6.92 Å². The first-order chi connectivity index (χ1) is 14.2. The molecule has 1 N–H and O–H groups in total. The van der Waals surface area contributed by atoms with Gasteiger partial charge in [-0.15, -0.1) is 0 Å². The summed E-state index contributed by atoms with van der Waals surface area (Å²) < 4.78 is 17.1. The summed E-state index contributed by atoms with van der Waals surface area (Å²) in [7, 11) is 1.57. The van der Waals surface area contributed by atoms with Crippen LogP contribution < -0.4 is 14.8 Å². The fourth-order valence-electron chi connectivity index (χ4n) is 3.28. The van der Waals surface area contributed by atoms with E-state index in [-0.39, 0.29) is 5.91 Å². The molecule has 0 fully saturated rings. The summed E-state index contributed by atoms with van der Waals surface area (Å²) in [6.45, 7) is 2.46. The highest BCUT2D eigenvalue weighted by Crippen LogP contribution is 2.36. The number of hydrogen-bond acceptors (Lipinski definition) is 4. The lowest BCUT2D eigenvalue weighted by atomic mass is 10.0. The van der Waals surface area contributed by atoms with Crippen LogP contribution in [0.1, 0.15) is 17.3 Å². The standard InChI is InChI=1S/C24H21NO4/c1-3-28-17-13-14-20-18(15-17)22(23(29-20)16-9-5-4-6-10-16)24(26)25-19-11-7-8-12-21(19)27-2/h4-15H,3H2,1-2H3,(H,25,26). The molecule has 5 heteroatoms. The molecular formula is C24H21NO4. The summed E-state index contributed by atoms with van der Waals surface area (Å²) in [6.07, 6.45) is 0. The third-order valence-electron chi connectivity index (χ3n) is 4.59. The number of methoxy groups -OCH3 is 1. The van der Waals surface area contributed by atoms with E-state index in [4.69, 9.17) is 13.9 Å². The largest absolute Gasteiger partial charge is 0.495 e. The molecule has 0 aliphatic rings. The van der Waals surface area contributed by atoms with Gasteiger partial charge >= 0.3 is 0 Å². The van der Waals surface area contributed by atoms with Gasteiger partial charge in [-0.05, 0) is 37.3 Å². The predicted molar refractivity (Wildman–Crippen MR) is 114 cm³/mol. The summed E-state index contributed by atoms with van der Waals surface area (Å²) in [4.78, 5) is 13.4. The van der Waals surface area contributed by atoms with Crippen LogP contribution in [-0.2, 0) is 0 Å². The second-order valence-corrected chi connectivity index (χ2v) is 6.42. The van der Waals surface area contributed by atoms with Crippen molar-refractivity contribution in [2.24, 2.45) is 0 Å². The third kappa shape index (κ3) is 3.67. The van der Waals surface area contributed by atoms with Gasteiger partial charge in [-0.1, -0.05) is 42.5 Å². The molecule has 0 saturated carbocycles. The van der Waals surface area contributed by atoms with Crippen molar-refractivity contribution in [2.75, 3.05) is 19.0 Å². The second kappa shape index (κ2) is 8.10. The van der Waals surface area contributed by atoms with Crippen molar-refractivity contribution in [3.05, 3.63) is 78.4 Å². The van der Waals surface area contributed by atoms with Crippen molar-refractivity contribution in [3.8, 4) is 22.8 Å². The number of hydrogen-bond donors (Lipinski definition) is 1. The van der Waals surface area contributed by atoms with Crippen molar-refractivity contribution >= 4 is 22.6 Å². The van der Waals surface area contributed by atoms with Crippen molar-refractivity contribution in [1.29, 1.82) is 0 Å². The molecule has 5 nitrogen and oxygen atoms in total. The van der Waals surface area contributed by atoms with Crippen LogP contribution in [0.4, 0.5) is 5.69 Å². The fraction of sp³-hybridized carbons (Fsp3) is 0.125. The Balaban J connectivity index is 1.85. The number of benzene rings is 3. The molecule has 3 aromatic carbocycles. The summed E-state index contributed by atoms with van der Waals surface area (Å²) in [6, 6.07) is 22.4. The highest BCUT2D eigenvalue weighted by Gasteiger charge is 2.23. The SMILES string of the molecule is CCOc1ccc2oc(-c3ccccc3)c(C(=O)Nc3ccccc3OC)c2c1. The maximum Gasteiger partial charge on any atom is 0.260 e. The molecule has 29 heavy (non-hydrogen) atoms. The quantitative estimate of drug-likeness (QED) is 0.457. The Labute approximate surface area is 168 Å². The topological polar surface area (TPSA) is 60.7 Å². The zero-order chi connectivity index (χ0) is 20.2. The lowest BCUT2D eigenvalue weighted by Gasteiger charge is -2.10. The molecule has 0 unspecified atom stereocenters. The molecule has 0 aliphatic heterocycles. The van der Waals surface area contributed by atoms with E-state index >= 15 is 0 Å². The summed E-state index contributed by atoms with van der Waals surface area (Å²) in [5.41, 5.74) is 2.50. The van der Waals surface area contributed by atoms with Gasteiger partial charge in [0.15, 0.2) is 0 Å². The van der Waals surface area contributed by atoms with Crippen LogP contribution in [0.5, 0.6) is 11.5 Å². The zero-order valence-corrected chi connectivity index (χ0v) is 16.3. The normalized spacial score (nSPS) is 10.7. The molecule has 1 aromatic heterocycles. The summed E-state index contributed by atoms with van der Waals surface area (Å²) in [5.74, 6) is 1.51. The van der Waals surface area contributed by atoms with Gasteiger partial charge in [-0.25, -0.2) is 0 Å². The number of furan rings is 1. The minimum atomic E-state index is -0.277. The van der Waals surface area contributed by atoms with Gasteiger partial charge in [0.2, 0.25) is 0 Å². The van der Waals surface area contributed by atoms with Crippen LogP contribution in [0.2, 0.25) is 0 Å². The van der Waals surface area contributed by atoms with Crippen LogP contribution in [0, 0.1) is 0 Å². The number of anilines is 1. The molecule has 0 saturated heterocycles. The first kappa shape index (κ1) is 18.6. The van der Waals surface area contributed by atoms with Crippen LogP contribution >= 0.6 is 0 Å². The van der Waals surface area contributed by atoms with E-state index in [0.717, 1.165) is 5.56 Å². The third-order valence-corrected chi connectivity index (χ3v) is 4.59. The minimum absolute atomic E-state index is 0.277. The molecule has 1 heterocycles. The lowest BCUT2D eigenvalue weighted by molar-refractivity contribution is 0.102. The Bertz CT molecular complexity index is 1150. The van der Waals surface area contributed by atoms with E-state index in [2.05, 4.69) is 5.32 Å². The number of amides is 1. The minimum Gasteiger partial charge on any atom is -0.495 e. The first-order valence-electron chi connectivity index (χ1n) is 9.40. The number of carbonyl (C=O) groups is 1. The Kier molecular flexibility index (Phi) is 5.20. The number of ether oxygens (including phenoxy) is 2. The van der Waals surface area contributed by atoms with Gasteiger partial charge in [0.05, 0.1) is 25.0 Å².